The number of rotatable bonds is 6. The number of carbonyl (C=O) groups excluding carboxylic acids is 1. The van der Waals surface area contributed by atoms with Crippen LogP contribution in [0.5, 0.6) is 0 Å². The molecule has 3 heterocycles. The van der Waals surface area contributed by atoms with Gasteiger partial charge >= 0.3 is 6.09 Å². The number of piperidine rings is 1. The summed E-state index contributed by atoms with van der Waals surface area (Å²) in [6.07, 6.45) is 4.39. The van der Waals surface area contributed by atoms with Crippen molar-refractivity contribution in [3.05, 3.63) is 71.3 Å². The van der Waals surface area contributed by atoms with Crippen molar-refractivity contribution in [3.8, 4) is 0 Å². The van der Waals surface area contributed by atoms with Crippen LogP contribution in [-0.2, 0) is 11.3 Å². The number of nitrogens with two attached hydrogens (primary N) is 1. The molecule has 3 fully saturated rings. The summed E-state index contributed by atoms with van der Waals surface area (Å²) in [4.78, 5) is 29.4. The van der Waals surface area contributed by atoms with Gasteiger partial charge in [0, 0.05) is 12.6 Å². The molecule has 0 spiro atoms. The van der Waals surface area contributed by atoms with E-state index in [0.717, 1.165) is 38.0 Å². The SMILES string of the molecule is NC(=O)C(c1ccc(CN2CCCC2)cc1)C12CCC(CC(c3ccccc3)C1)N2C(=O)O. The summed E-state index contributed by atoms with van der Waals surface area (Å²) in [5, 5.41) is 10.2. The lowest BCUT2D eigenvalue weighted by Crippen LogP contribution is -2.59. The van der Waals surface area contributed by atoms with Gasteiger partial charge in [0.15, 0.2) is 0 Å². The van der Waals surface area contributed by atoms with Crippen molar-refractivity contribution in [2.45, 2.75) is 68.5 Å². The van der Waals surface area contributed by atoms with Crippen LogP contribution < -0.4 is 5.73 Å². The summed E-state index contributed by atoms with van der Waals surface area (Å²) in [5.74, 6) is -0.889. The van der Waals surface area contributed by atoms with Gasteiger partial charge in [-0.1, -0.05) is 54.6 Å². The van der Waals surface area contributed by atoms with Crippen LogP contribution in [0.15, 0.2) is 54.6 Å². The minimum absolute atomic E-state index is 0.0854. The van der Waals surface area contributed by atoms with E-state index in [0.29, 0.717) is 12.8 Å². The Morgan fingerprint density at radius 1 is 1.06 bits per heavy atom. The molecule has 0 aromatic heterocycles. The van der Waals surface area contributed by atoms with Crippen molar-refractivity contribution >= 4 is 12.0 Å². The van der Waals surface area contributed by atoms with E-state index in [4.69, 9.17) is 5.73 Å². The monoisotopic (exact) mass is 447 g/mol. The minimum Gasteiger partial charge on any atom is -0.465 e. The number of nitrogens with zero attached hydrogens (tertiary/aromatic N) is 2. The zero-order chi connectivity index (χ0) is 23.0. The largest absolute Gasteiger partial charge is 0.465 e. The van der Waals surface area contributed by atoms with Crippen LogP contribution in [0.3, 0.4) is 0 Å². The van der Waals surface area contributed by atoms with Gasteiger partial charge in [-0.25, -0.2) is 4.79 Å². The summed E-state index contributed by atoms with van der Waals surface area (Å²) in [7, 11) is 0. The lowest BCUT2D eigenvalue weighted by atomic mass is 9.69. The Morgan fingerprint density at radius 2 is 1.76 bits per heavy atom. The number of amides is 2. The summed E-state index contributed by atoms with van der Waals surface area (Å²) < 4.78 is 0. The van der Waals surface area contributed by atoms with Crippen molar-refractivity contribution in [2.75, 3.05) is 13.1 Å². The second-order valence-electron chi connectivity index (χ2n) is 10.1. The molecule has 5 rings (SSSR count). The van der Waals surface area contributed by atoms with Gasteiger partial charge in [0.25, 0.3) is 0 Å². The molecule has 0 aliphatic carbocycles. The maximum absolute atomic E-state index is 13.0. The first-order chi connectivity index (χ1) is 16.0. The van der Waals surface area contributed by atoms with E-state index >= 15 is 0 Å². The van der Waals surface area contributed by atoms with E-state index in [1.807, 2.05) is 30.3 Å². The van der Waals surface area contributed by atoms with Gasteiger partial charge in [-0.3, -0.25) is 14.6 Å². The van der Waals surface area contributed by atoms with Gasteiger partial charge in [0.2, 0.25) is 5.91 Å². The van der Waals surface area contributed by atoms with E-state index in [1.54, 1.807) is 4.90 Å². The highest BCUT2D eigenvalue weighted by atomic mass is 16.4. The molecule has 0 saturated carbocycles. The molecule has 4 atom stereocenters. The zero-order valence-corrected chi connectivity index (χ0v) is 19.0. The van der Waals surface area contributed by atoms with E-state index < -0.39 is 23.5 Å². The number of primary amides is 1. The minimum atomic E-state index is -0.944. The standard InChI is InChI=1S/C27H33N3O3/c28-25(31)24(21-10-8-19(9-11-21)18-29-14-4-5-15-29)27-13-12-23(30(27)26(32)33)16-22(17-27)20-6-2-1-3-7-20/h1-3,6-11,22-24H,4-5,12-18H2,(H2,28,31)(H,32,33). The first-order valence-electron chi connectivity index (χ1n) is 12.2. The molecule has 2 amide bonds. The highest BCUT2D eigenvalue weighted by Gasteiger charge is 2.59. The normalized spacial score (nSPS) is 28.1. The van der Waals surface area contributed by atoms with E-state index in [9.17, 15) is 14.7 Å². The smallest absolute Gasteiger partial charge is 0.408 e. The summed E-state index contributed by atoms with van der Waals surface area (Å²) in [6, 6.07) is 18.3. The van der Waals surface area contributed by atoms with Crippen LogP contribution in [0.4, 0.5) is 4.79 Å². The quantitative estimate of drug-likeness (QED) is 0.691. The highest BCUT2D eigenvalue weighted by Crippen LogP contribution is 2.55. The van der Waals surface area contributed by atoms with Crippen LogP contribution in [0.2, 0.25) is 0 Å². The van der Waals surface area contributed by atoms with Crippen molar-refractivity contribution in [1.82, 2.24) is 9.80 Å². The van der Waals surface area contributed by atoms with Crippen molar-refractivity contribution in [1.29, 1.82) is 0 Å². The molecule has 6 heteroatoms. The van der Waals surface area contributed by atoms with Gasteiger partial charge in [-0.2, -0.15) is 0 Å². The third-order valence-corrected chi connectivity index (χ3v) is 8.13. The second-order valence-corrected chi connectivity index (χ2v) is 10.1. The Kier molecular flexibility index (Phi) is 5.87. The van der Waals surface area contributed by atoms with Gasteiger partial charge in [0.05, 0.1) is 11.5 Å². The number of hydrogen-bond acceptors (Lipinski definition) is 3. The summed E-state index contributed by atoms with van der Waals surface area (Å²) in [6.45, 7) is 3.17. The van der Waals surface area contributed by atoms with E-state index in [1.165, 1.54) is 24.0 Å². The lowest BCUT2D eigenvalue weighted by Gasteiger charge is -2.49. The molecule has 3 aliphatic rings. The fraction of sp³-hybridized carbons (Fsp3) is 0.481. The van der Waals surface area contributed by atoms with Crippen LogP contribution in [0.1, 0.15) is 67.1 Å². The van der Waals surface area contributed by atoms with Crippen molar-refractivity contribution < 1.29 is 14.7 Å². The van der Waals surface area contributed by atoms with E-state index in [-0.39, 0.29) is 12.0 Å². The Morgan fingerprint density at radius 3 is 2.39 bits per heavy atom. The lowest BCUT2D eigenvalue weighted by molar-refractivity contribution is -0.123. The van der Waals surface area contributed by atoms with Gasteiger partial charge in [-0.05, 0) is 74.2 Å². The molecule has 2 bridgehead atoms. The third kappa shape index (κ3) is 4.01. The average molecular weight is 448 g/mol. The van der Waals surface area contributed by atoms with Crippen molar-refractivity contribution in [3.63, 3.8) is 0 Å². The topological polar surface area (TPSA) is 86.9 Å². The Hall–Kier alpha value is -2.86. The molecule has 0 radical (unpaired) electrons. The number of hydrogen-bond donors (Lipinski definition) is 2. The fourth-order valence-electron chi connectivity index (χ4n) is 6.77. The predicted octanol–water partition coefficient (Wildman–Crippen LogP) is 4.31. The third-order valence-electron chi connectivity index (χ3n) is 8.13. The highest BCUT2D eigenvalue weighted by molar-refractivity contribution is 5.85. The van der Waals surface area contributed by atoms with Crippen LogP contribution >= 0.6 is 0 Å². The van der Waals surface area contributed by atoms with Crippen molar-refractivity contribution in [2.24, 2.45) is 5.73 Å². The summed E-state index contributed by atoms with van der Waals surface area (Å²) >= 11 is 0. The molecule has 4 unspecified atom stereocenters. The van der Waals surface area contributed by atoms with Crippen LogP contribution in [0, 0.1) is 0 Å². The molecule has 3 aliphatic heterocycles. The Bertz CT molecular complexity index is 1000. The number of carbonyl (C=O) groups is 2. The molecule has 2 aromatic carbocycles. The fourth-order valence-corrected chi connectivity index (χ4v) is 6.77. The van der Waals surface area contributed by atoms with Gasteiger partial charge < -0.3 is 10.8 Å². The van der Waals surface area contributed by atoms with Crippen LogP contribution in [-0.4, -0.2) is 51.6 Å². The van der Waals surface area contributed by atoms with E-state index in [2.05, 4.69) is 29.2 Å². The Labute approximate surface area is 195 Å². The molecule has 3 N–H and O–H groups in total. The molecule has 3 saturated heterocycles. The predicted molar refractivity (Wildman–Crippen MR) is 127 cm³/mol. The molecular formula is C27H33N3O3. The molecule has 6 nitrogen and oxygen atoms in total. The number of likely N-dealkylation sites (tertiary alicyclic amines) is 1. The van der Waals surface area contributed by atoms with Gasteiger partial charge in [0.1, 0.15) is 0 Å². The molecular weight excluding hydrogens is 414 g/mol. The maximum Gasteiger partial charge on any atom is 0.408 e. The number of fused-ring (bicyclic) bond motifs is 2. The number of carboxylic acid groups (broad SMARTS) is 1. The molecule has 2 aromatic rings. The first-order valence-corrected chi connectivity index (χ1v) is 12.2. The maximum atomic E-state index is 13.0. The molecule has 33 heavy (non-hydrogen) atoms. The van der Waals surface area contributed by atoms with Gasteiger partial charge in [-0.15, -0.1) is 0 Å². The second kappa shape index (κ2) is 8.82. The Balaban J connectivity index is 1.49. The zero-order valence-electron chi connectivity index (χ0n) is 19.0. The van der Waals surface area contributed by atoms with Crippen LogP contribution in [0.25, 0.3) is 0 Å². The number of benzene rings is 2. The average Bonchev–Trinajstić information content (AvgIpc) is 3.40. The summed E-state index contributed by atoms with van der Waals surface area (Å²) in [5.41, 5.74) is 8.47. The molecule has 174 valence electrons. The first kappa shape index (κ1) is 22.0.